The van der Waals surface area contributed by atoms with E-state index in [1.165, 1.54) is 0 Å². The topological polar surface area (TPSA) is 54.9 Å². The van der Waals surface area contributed by atoms with Crippen LogP contribution < -0.4 is 11.2 Å². The molecule has 0 bridgehead atoms. The summed E-state index contributed by atoms with van der Waals surface area (Å²) in [5.74, 6) is -4.46. The molecule has 1 rings (SSSR count). The Balaban J connectivity index is 3.33. The number of nitrogens with one attached hydrogen (secondary N) is 1. The van der Waals surface area contributed by atoms with Gasteiger partial charge in [-0.1, -0.05) is 24.9 Å². The Bertz CT molecular complexity index is 568. The lowest BCUT2D eigenvalue weighted by Crippen LogP contribution is -2.44. The third-order valence-electron chi connectivity index (χ3n) is 2.42. The van der Waals surface area contributed by atoms with Gasteiger partial charge >= 0.3 is 18.0 Å². The molecule has 19 heavy (non-hydrogen) atoms. The van der Waals surface area contributed by atoms with Crippen LogP contribution in [0.2, 0.25) is 5.15 Å². The van der Waals surface area contributed by atoms with Crippen LogP contribution in [0.1, 0.15) is 18.9 Å². The van der Waals surface area contributed by atoms with Gasteiger partial charge in [-0.05, 0) is 6.42 Å². The Hall–Kier alpha value is -1.31. The van der Waals surface area contributed by atoms with E-state index in [4.69, 9.17) is 11.6 Å². The second-order valence-corrected chi connectivity index (χ2v) is 4.30. The molecule has 0 amide bonds. The maximum atomic E-state index is 12.9. The van der Waals surface area contributed by atoms with Crippen LogP contribution in [-0.2, 0) is 13.0 Å². The van der Waals surface area contributed by atoms with E-state index in [0.717, 1.165) is 0 Å². The predicted molar refractivity (Wildman–Crippen MR) is 61.3 cm³/mol. The fourth-order valence-corrected chi connectivity index (χ4v) is 1.73. The average molecular weight is 303 g/mol. The van der Waals surface area contributed by atoms with Crippen molar-refractivity contribution in [1.82, 2.24) is 9.55 Å². The molecule has 4 nitrogen and oxygen atoms in total. The summed E-state index contributed by atoms with van der Waals surface area (Å²) in [7, 11) is 0. The Morgan fingerprint density at radius 2 is 1.95 bits per heavy atom. The highest BCUT2D eigenvalue weighted by atomic mass is 35.5. The van der Waals surface area contributed by atoms with Crippen molar-refractivity contribution in [1.29, 1.82) is 0 Å². The minimum absolute atomic E-state index is 0.0447. The second-order valence-electron chi connectivity index (χ2n) is 3.93. The Morgan fingerprint density at radius 3 is 2.42 bits per heavy atom. The highest BCUT2D eigenvalue weighted by Gasteiger charge is 2.42. The second kappa shape index (κ2) is 5.77. The minimum atomic E-state index is -4.46. The molecule has 0 aromatic carbocycles. The van der Waals surface area contributed by atoms with Crippen LogP contribution in [0.25, 0.3) is 0 Å². The van der Waals surface area contributed by atoms with E-state index >= 15 is 0 Å². The van der Waals surface area contributed by atoms with Gasteiger partial charge in [-0.2, -0.15) is 8.78 Å². The van der Waals surface area contributed by atoms with Gasteiger partial charge in [0.2, 0.25) is 0 Å². The number of alkyl halides is 4. The number of rotatable bonds is 5. The third kappa shape index (κ3) is 3.37. The van der Waals surface area contributed by atoms with E-state index in [2.05, 4.69) is 0 Å². The van der Waals surface area contributed by atoms with E-state index in [1.54, 1.807) is 6.92 Å². The molecule has 0 aliphatic rings. The van der Waals surface area contributed by atoms with Gasteiger partial charge in [0.15, 0.2) is 0 Å². The van der Waals surface area contributed by atoms with Crippen LogP contribution in [-0.4, -0.2) is 21.9 Å². The normalized spacial score (nSPS) is 12.2. The van der Waals surface area contributed by atoms with Crippen molar-refractivity contribution in [3.63, 3.8) is 0 Å². The zero-order valence-electron chi connectivity index (χ0n) is 9.85. The van der Waals surface area contributed by atoms with Crippen molar-refractivity contribution in [2.24, 2.45) is 0 Å². The fraction of sp³-hybridized carbons (Fsp3) is 0.600. The molecule has 1 N–H and O–H groups in total. The molecule has 0 saturated heterocycles. The molecule has 0 radical (unpaired) electrons. The van der Waals surface area contributed by atoms with Gasteiger partial charge in [0.25, 0.3) is 5.56 Å². The van der Waals surface area contributed by atoms with Crippen molar-refractivity contribution in [3.05, 3.63) is 31.6 Å². The number of hydrogen-bond acceptors (Lipinski definition) is 2. The van der Waals surface area contributed by atoms with Gasteiger partial charge < -0.3 is 0 Å². The molecule has 1 heterocycles. The first-order chi connectivity index (χ1) is 8.70. The van der Waals surface area contributed by atoms with Crippen LogP contribution in [0.3, 0.4) is 0 Å². The summed E-state index contributed by atoms with van der Waals surface area (Å²) >= 11 is 5.61. The van der Waals surface area contributed by atoms with Gasteiger partial charge in [-0.25, -0.2) is 13.6 Å². The molecule has 1 aromatic heterocycles. The van der Waals surface area contributed by atoms with Crippen molar-refractivity contribution < 1.29 is 17.6 Å². The lowest BCUT2D eigenvalue weighted by atomic mass is 10.2. The van der Waals surface area contributed by atoms with Crippen LogP contribution in [0.5, 0.6) is 0 Å². The molecular formula is C10H11ClF4N2O2. The van der Waals surface area contributed by atoms with E-state index in [1.807, 2.05) is 4.98 Å². The summed E-state index contributed by atoms with van der Waals surface area (Å²) in [4.78, 5) is 25.1. The van der Waals surface area contributed by atoms with E-state index < -0.39 is 30.1 Å². The molecule has 0 fully saturated rings. The highest BCUT2D eigenvalue weighted by molar-refractivity contribution is 6.30. The lowest BCUT2D eigenvalue weighted by Gasteiger charge is -2.16. The number of aromatic nitrogens is 2. The number of H-pyrrole nitrogens is 1. The Kier molecular flexibility index (Phi) is 4.78. The summed E-state index contributed by atoms with van der Waals surface area (Å²) in [6.45, 7) is 0.0195. The molecule has 0 saturated carbocycles. The largest absolute Gasteiger partial charge is 0.329 e. The maximum Gasteiger partial charge on any atom is 0.329 e. The molecule has 9 heteroatoms. The van der Waals surface area contributed by atoms with E-state index in [9.17, 15) is 27.2 Å². The van der Waals surface area contributed by atoms with Crippen molar-refractivity contribution >= 4 is 11.6 Å². The first-order valence-corrected chi connectivity index (χ1v) is 5.76. The van der Waals surface area contributed by atoms with Gasteiger partial charge in [0.1, 0.15) is 11.7 Å². The van der Waals surface area contributed by atoms with Crippen molar-refractivity contribution in [3.8, 4) is 0 Å². The summed E-state index contributed by atoms with van der Waals surface area (Å²) < 4.78 is 50.0. The highest BCUT2D eigenvalue weighted by Crippen LogP contribution is 2.23. The Morgan fingerprint density at radius 1 is 1.37 bits per heavy atom. The Labute approximate surface area is 110 Å². The molecule has 0 atom stereocenters. The number of halogens is 5. The molecule has 1 aromatic rings. The van der Waals surface area contributed by atoms with Crippen molar-refractivity contribution in [2.75, 3.05) is 0 Å². The first-order valence-electron chi connectivity index (χ1n) is 5.38. The van der Waals surface area contributed by atoms with Crippen LogP contribution in [0, 0.1) is 0 Å². The maximum absolute atomic E-state index is 12.9. The van der Waals surface area contributed by atoms with Gasteiger partial charge in [0, 0.05) is 0 Å². The van der Waals surface area contributed by atoms with Crippen LogP contribution >= 0.6 is 11.6 Å². The minimum Gasteiger partial charge on any atom is -0.297 e. The molecule has 0 aliphatic heterocycles. The fourth-order valence-electron chi connectivity index (χ4n) is 1.48. The quantitative estimate of drug-likeness (QED) is 0.668. The molecule has 0 aliphatic carbocycles. The third-order valence-corrected chi connectivity index (χ3v) is 2.74. The molecule has 0 unspecified atom stereocenters. The lowest BCUT2D eigenvalue weighted by molar-refractivity contribution is -0.138. The molecule has 0 spiro atoms. The summed E-state index contributed by atoms with van der Waals surface area (Å²) in [5, 5.41) is -0.256. The SMILES string of the molecule is CCCc1c(Cl)[nH]c(=O)n(CC(F)(F)C(F)F)c1=O. The van der Waals surface area contributed by atoms with Gasteiger partial charge in [-0.3, -0.25) is 14.3 Å². The summed E-state index contributed by atoms with van der Waals surface area (Å²) in [5.41, 5.74) is -2.39. The summed E-state index contributed by atoms with van der Waals surface area (Å²) in [6, 6.07) is 0. The average Bonchev–Trinajstić information content (AvgIpc) is 2.30. The number of hydrogen-bond donors (Lipinski definition) is 1. The predicted octanol–water partition coefficient (Wildman–Crippen LogP) is 2.04. The monoisotopic (exact) mass is 302 g/mol. The molecule has 108 valence electrons. The zero-order chi connectivity index (χ0) is 14.8. The van der Waals surface area contributed by atoms with Gasteiger partial charge in [-0.15, -0.1) is 0 Å². The van der Waals surface area contributed by atoms with Crippen LogP contribution in [0.15, 0.2) is 9.59 Å². The van der Waals surface area contributed by atoms with E-state index in [-0.39, 0.29) is 21.7 Å². The number of aromatic amines is 1. The number of nitrogens with zero attached hydrogens (tertiary/aromatic N) is 1. The first kappa shape index (κ1) is 15.7. The smallest absolute Gasteiger partial charge is 0.297 e. The van der Waals surface area contributed by atoms with Crippen molar-refractivity contribution in [2.45, 2.75) is 38.7 Å². The van der Waals surface area contributed by atoms with E-state index in [0.29, 0.717) is 6.42 Å². The standard InChI is InChI=1S/C10H11ClF4N2O2/c1-2-3-5-6(11)16-9(19)17(7(5)18)4-10(14,15)8(12)13/h8H,2-4H2,1H3,(H,16,19). The molecular weight excluding hydrogens is 292 g/mol. The van der Waals surface area contributed by atoms with Gasteiger partial charge in [0.05, 0.1) is 5.56 Å². The zero-order valence-corrected chi connectivity index (χ0v) is 10.6. The summed E-state index contributed by atoms with van der Waals surface area (Å²) in [6.07, 6.45) is -3.34. The van der Waals surface area contributed by atoms with Crippen LogP contribution in [0.4, 0.5) is 17.6 Å².